The number of hydrogen-bond donors (Lipinski definition) is 2. The summed E-state index contributed by atoms with van der Waals surface area (Å²) in [7, 11) is 0. The zero-order valence-corrected chi connectivity index (χ0v) is 25.6. The van der Waals surface area contributed by atoms with Gasteiger partial charge >= 0.3 is 6.61 Å². The van der Waals surface area contributed by atoms with Crippen molar-refractivity contribution in [2.45, 2.75) is 64.1 Å². The molecule has 9 nitrogen and oxygen atoms in total. The number of rotatable bonds is 9. The third kappa shape index (κ3) is 5.03. The van der Waals surface area contributed by atoms with E-state index in [1.165, 1.54) is 12.3 Å². The van der Waals surface area contributed by atoms with Crippen LogP contribution in [0.4, 0.5) is 20.3 Å². The van der Waals surface area contributed by atoms with Crippen LogP contribution in [0.5, 0.6) is 0 Å². The molecule has 4 fully saturated rings. The third-order valence-corrected chi connectivity index (χ3v) is 10.7. The maximum absolute atomic E-state index is 12.6. The van der Waals surface area contributed by atoms with E-state index in [0.29, 0.717) is 35.9 Å². The van der Waals surface area contributed by atoms with Gasteiger partial charge in [0.25, 0.3) is 0 Å². The van der Waals surface area contributed by atoms with Gasteiger partial charge in [0.1, 0.15) is 0 Å². The van der Waals surface area contributed by atoms with E-state index in [-0.39, 0.29) is 29.5 Å². The SMILES string of the molecule is C=CC(=O)N1CC2(CC(n3nc(N4CCN(CCOC(F)F)CC45CCC5)c(-c4c(Cl)c(C)cc(N)c4C=N)c3C)C2)C1. The number of benzene rings is 1. The largest absolute Gasteiger partial charge is 0.398 e. The van der Waals surface area contributed by atoms with Gasteiger partial charge in [0.2, 0.25) is 5.91 Å². The Morgan fingerprint density at radius 2 is 1.98 bits per heavy atom. The Balaban J connectivity index is 1.37. The number of ether oxygens (including phenoxy) is 1. The molecule has 2 saturated heterocycles. The lowest BCUT2D eigenvalue weighted by Crippen LogP contribution is -2.66. The van der Waals surface area contributed by atoms with Gasteiger partial charge in [0.15, 0.2) is 5.82 Å². The van der Waals surface area contributed by atoms with Gasteiger partial charge < -0.3 is 25.7 Å². The normalized spacial score (nSPS) is 21.2. The van der Waals surface area contributed by atoms with Crippen LogP contribution in [0, 0.1) is 24.7 Å². The maximum atomic E-state index is 12.6. The molecule has 0 unspecified atom stereocenters. The molecular formula is C31H40ClF2N7O2. The quantitative estimate of drug-likeness (QED) is 0.233. The third-order valence-electron chi connectivity index (χ3n) is 10.2. The van der Waals surface area contributed by atoms with E-state index in [2.05, 4.69) is 32.7 Å². The van der Waals surface area contributed by atoms with Crippen molar-refractivity contribution in [2.75, 3.05) is 56.5 Å². The van der Waals surface area contributed by atoms with Crippen LogP contribution in [0.25, 0.3) is 11.1 Å². The summed E-state index contributed by atoms with van der Waals surface area (Å²) < 4.78 is 31.9. The Hall–Kier alpha value is -3.02. The summed E-state index contributed by atoms with van der Waals surface area (Å²) in [6.07, 6.45) is 7.55. The number of nitrogen functional groups attached to an aromatic ring is 1. The zero-order chi connectivity index (χ0) is 30.7. The molecule has 0 atom stereocenters. The van der Waals surface area contributed by atoms with Crippen LogP contribution in [0.3, 0.4) is 0 Å². The van der Waals surface area contributed by atoms with Gasteiger partial charge in [-0.1, -0.05) is 18.2 Å². The van der Waals surface area contributed by atoms with Crippen molar-refractivity contribution in [1.29, 1.82) is 5.41 Å². The molecule has 2 aliphatic carbocycles. The molecule has 2 aliphatic heterocycles. The van der Waals surface area contributed by atoms with Gasteiger partial charge in [-0.3, -0.25) is 14.4 Å². The Kier molecular flexibility index (Phi) is 7.79. The molecule has 3 heterocycles. The molecule has 12 heteroatoms. The number of nitrogens with one attached hydrogen (secondary N) is 1. The summed E-state index contributed by atoms with van der Waals surface area (Å²) >= 11 is 7.02. The number of hydrogen-bond acceptors (Lipinski definition) is 7. The van der Waals surface area contributed by atoms with E-state index in [0.717, 1.165) is 79.9 Å². The van der Waals surface area contributed by atoms with E-state index in [9.17, 15) is 13.6 Å². The highest BCUT2D eigenvalue weighted by atomic mass is 35.5. The minimum atomic E-state index is -2.76. The van der Waals surface area contributed by atoms with Crippen molar-refractivity contribution >= 4 is 35.2 Å². The van der Waals surface area contributed by atoms with Crippen LogP contribution in [-0.2, 0) is 9.53 Å². The highest BCUT2D eigenvalue weighted by Crippen LogP contribution is 2.56. The predicted molar refractivity (Wildman–Crippen MR) is 164 cm³/mol. The molecule has 3 N–H and O–H groups in total. The second-order valence-electron chi connectivity index (χ2n) is 12.9. The zero-order valence-electron chi connectivity index (χ0n) is 24.8. The second kappa shape index (κ2) is 11.2. The van der Waals surface area contributed by atoms with E-state index in [1.54, 1.807) is 0 Å². The van der Waals surface area contributed by atoms with Crippen LogP contribution >= 0.6 is 11.6 Å². The number of carbonyl (C=O) groups is 1. The van der Waals surface area contributed by atoms with Crippen LogP contribution in [0.2, 0.25) is 5.02 Å². The number of aromatic nitrogens is 2. The number of anilines is 2. The molecule has 2 saturated carbocycles. The highest BCUT2D eigenvalue weighted by molar-refractivity contribution is 6.35. The first-order valence-corrected chi connectivity index (χ1v) is 15.4. The Morgan fingerprint density at radius 1 is 1.26 bits per heavy atom. The van der Waals surface area contributed by atoms with Gasteiger partial charge in [-0.2, -0.15) is 13.9 Å². The van der Waals surface area contributed by atoms with Gasteiger partial charge in [-0.05, 0) is 63.7 Å². The minimum Gasteiger partial charge on any atom is -0.398 e. The molecule has 1 aromatic carbocycles. The average Bonchev–Trinajstić information content (AvgIpc) is 3.23. The first-order chi connectivity index (χ1) is 20.5. The number of amides is 1. The van der Waals surface area contributed by atoms with E-state index in [4.69, 9.17) is 27.8 Å². The fourth-order valence-electron chi connectivity index (χ4n) is 7.86. The number of alkyl halides is 2. The topological polar surface area (TPSA) is 104 Å². The Bertz CT molecular complexity index is 1440. The summed E-state index contributed by atoms with van der Waals surface area (Å²) in [4.78, 5) is 18.5. The molecule has 43 heavy (non-hydrogen) atoms. The predicted octanol–water partition coefficient (Wildman–Crippen LogP) is 5.03. The fraction of sp³-hybridized carbons (Fsp3) is 0.581. The number of nitrogens with two attached hydrogens (primary N) is 1. The van der Waals surface area contributed by atoms with Crippen molar-refractivity contribution < 1.29 is 18.3 Å². The van der Waals surface area contributed by atoms with Crippen LogP contribution in [-0.4, -0.2) is 89.7 Å². The van der Waals surface area contributed by atoms with Crippen molar-refractivity contribution in [1.82, 2.24) is 19.6 Å². The molecule has 0 bridgehead atoms. The summed E-state index contributed by atoms with van der Waals surface area (Å²) in [5.74, 6) is 0.819. The highest BCUT2D eigenvalue weighted by Gasteiger charge is 2.55. The summed E-state index contributed by atoms with van der Waals surface area (Å²) in [5.41, 5.74) is 10.9. The van der Waals surface area contributed by atoms with Crippen molar-refractivity contribution in [2.24, 2.45) is 5.41 Å². The number of likely N-dealkylation sites (tertiary alicyclic amines) is 1. The molecule has 6 rings (SSSR count). The number of aryl methyl sites for hydroxylation is 1. The minimum absolute atomic E-state index is 0.00708. The molecule has 1 aromatic heterocycles. The van der Waals surface area contributed by atoms with E-state index < -0.39 is 6.61 Å². The van der Waals surface area contributed by atoms with Gasteiger partial charge in [0.05, 0.1) is 23.2 Å². The average molecular weight is 616 g/mol. The Labute approximate surface area is 256 Å². The molecule has 1 amide bonds. The summed E-state index contributed by atoms with van der Waals surface area (Å²) in [6.45, 7) is 8.89. The molecule has 232 valence electrons. The van der Waals surface area contributed by atoms with Crippen molar-refractivity contribution in [3.05, 3.63) is 40.6 Å². The van der Waals surface area contributed by atoms with Crippen molar-refractivity contribution in [3.8, 4) is 11.1 Å². The van der Waals surface area contributed by atoms with Gasteiger partial charge in [-0.15, -0.1) is 0 Å². The first-order valence-electron chi connectivity index (χ1n) is 15.0. The second-order valence-corrected chi connectivity index (χ2v) is 13.2. The van der Waals surface area contributed by atoms with Crippen molar-refractivity contribution in [3.63, 3.8) is 0 Å². The smallest absolute Gasteiger partial charge is 0.345 e. The van der Waals surface area contributed by atoms with Crippen LogP contribution in [0.1, 0.15) is 55.0 Å². The van der Waals surface area contributed by atoms with E-state index >= 15 is 0 Å². The van der Waals surface area contributed by atoms with Crippen LogP contribution in [0.15, 0.2) is 18.7 Å². The lowest BCUT2D eigenvalue weighted by molar-refractivity contribution is -0.149. The monoisotopic (exact) mass is 615 g/mol. The molecular weight excluding hydrogens is 576 g/mol. The van der Waals surface area contributed by atoms with Gasteiger partial charge in [0, 0.05) is 79.0 Å². The lowest BCUT2D eigenvalue weighted by Gasteiger charge is -2.59. The number of carbonyl (C=O) groups excluding carboxylic acids is 1. The Morgan fingerprint density at radius 3 is 2.58 bits per heavy atom. The first kappa shape index (κ1) is 30.0. The summed E-state index contributed by atoms with van der Waals surface area (Å²) in [5, 5.41) is 14.1. The standard InChI is InChI=1S/C31H40ClF2N7O2/c1-4-24(42)39-16-30(17-39)13-21(14-30)41-20(3)25(26-22(15-35)23(36)12-19(2)27(26)32)28(37-41)40-9-8-38(10-11-43-29(33)34)18-31(40)6-5-7-31/h4,12,15,21,29,35H,1,5-11,13-14,16-18,36H2,2-3H3. The van der Waals surface area contributed by atoms with Gasteiger partial charge in [-0.25, -0.2) is 0 Å². The molecule has 0 radical (unpaired) electrons. The summed E-state index contributed by atoms with van der Waals surface area (Å²) in [6, 6.07) is 1.99. The number of nitrogens with zero attached hydrogens (tertiary/aromatic N) is 5. The molecule has 4 aliphatic rings. The van der Waals surface area contributed by atoms with Crippen LogP contribution < -0.4 is 10.6 Å². The maximum Gasteiger partial charge on any atom is 0.345 e. The number of halogens is 3. The number of piperazine rings is 1. The molecule has 2 spiro atoms. The fourth-order valence-corrected chi connectivity index (χ4v) is 8.11. The molecule has 2 aromatic rings. The lowest BCUT2D eigenvalue weighted by atomic mass is 9.60. The van der Waals surface area contributed by atoms with E-state index in [1.807, 2.05) is 17.9 Å².